The molecule has 0 bridgehead atoms. The third-order valence-corrected chi connectivity index (χ3v) is 6.39. The molecule has 7 nitrogen and oxygen atoms in total. The molecule has 29 heavy (non-hydrogen) atoms. The fraction of sp³-hybridized carbons (Fsp3) is 0.524. The number of aryl methyl sites for hydroxylation is 1. The molecule has 8 heteroatoms. The van der Waals surface area contributed by atoms with E-state index in [-0.39, 0.29) is 12.3 Å². The Balaban J connectivity index is 1.70. The number of carboxylic acids is 1. The molecule has 2 aliphatic rings. The van der Waals surface area contributed by atoms with Crippen LogP contribution in [0.5, 0.6) is 0 Å². The molecule has 0 aromatic heterocycles. The van der Waals surface area contributed by atoms with Crippen molar-refractivity contribution in [1.29, 1.82) is 0 Å². The highest BCUT2D eigenvalue weighted by Gasteiger charge is 2.32. The number of benzene rings is 1. The van der Waals surface area contributed by atoms with Gasteiger partial charge in [-0.1, -0.05) is 36.4 Å². The van der Waals surface area contributed by atoms with Gasteiger partial charge in [0.1, 0.15) is 5.25 Å². The Labute approximate surface area is 175 Å². The molecule has 2 aliphatic heterocycles. The topological polar surface area (TPSA) is 94.4 Å². The molecule has 2 unspecified atom stereocenters. The van der Waals surface area contributed by atoms with Crippen LogP contribution in [0.2, 0.25) is 0 Å². The zero-order chi connectivity index (χ0) is 21.0. The summed E-state index contributed by atoms with van der Waals surface area (Å²) >= 11 is 1.10. The van der Waals surface area contributed by atoms with E-state index in [0.717, 1.165) is 42.9 Å². The second kappa shape index (κ2) is 9.54. The minimum Gasteiger partial charge on any atom is -0.481 e. The van der Waals surface area contributed by atoms with E-state index in [9.17, 15) is 9.59 Å². The first kappa shape index (κ1) is 21.5. The lowest BCUT2D eigenvalue weighted by Gasteiger charge is -2.31. The Morgan fingerprint density at radius 1 is 1.41 bits per heavy atom. The van der Waals surface area contributed by atoms with Gasteiger partial charge in [0.15, 0.2) is 5.17 Å². The number of aliphatic carboxylic acids is 1. The number of hydrogen-bond donors (Lipinski definition) is 2. The molecule has 0 radical (unpaired) electrons. The Kier molecular flexibility index (Phi) is 7.08. The third kappa shape index (κ3) is 5.90. The zero-order valence-corrected chi connectivity index (χ0v) is 18.0. The van der Waals surface area contributed by atoms with Crippen LogP contribution in [-0.2, 0) is 16.1 Å². The van der Waals surface area contributed by atoms with Crippen molar-refractivity contribution in [2.24, 2.45) is 16.1 Å². The number of piperidine rings is 1. The maximum Gasteiger partial charge on any atom is 0.305 e. The summed E-state index contributed by atoms with van der Waals surface area (Å²) in [6.07, 6.45) is 4.04. The van der Waals surface area contributed by atoms with E-state index in [2.05, 4.69) is 53.3 Å². The lowest BCUT2D eigenvalue weighted by molar-refractivity contribution is -0.138. The quantitative estimate of drug-likeness (QED) is 0.549. The van der Waals surface area contributed by atoms with Crippen molar-refractivity contribution in [3.8, 4) is 0 Å². The number of carbonyl (C=O) groups is 2. The monoisotopic (exact) mass is 416 g/mol. The van der Waals surface area contributed by atoms with Crippen molar-refractivity contribution in [3.63, 3.8) is 0 Å². The predicted molar refractivity (Wildman–Crippen MR) is 116 cm³/mol. The van der Waals surface area contributed by atoms with Crippen molar-refractivity contribution < 1.29 is 14.7 Å². The number of nitrogens with one attached hydrogen (secondary N) is 1. The van der Waals surface area contributed by atoms with Gasteiger partial charge in [-0.2, -0.15) is 5.10 Å². The number of carboxylic acid groups (broad SMARTS) is 1. The number of likely N-dealkylation sites (tertiary alicyclic amines) is 1. The highest BCUT2D eigenvalue weighted by molar-refractivity contribution is 8.15. The average Bonchev–Trinajstić information content (AvgIpc) is 2.97. The molecule has 2 N–H and O–H groups in total. The standard InChI is InChI=1S/C21H28N4O3S/c1-13-5-4-6-25(11-13)12-17-8-14(2)7-16(15(17)3)10-22-24-21-23-20(28)18(29-21)9-19(26)27/h7-8,10,13,18H,4-6,9,11-12H2,1-3H3,(H,26,27)(H,23,24,28). The highest BCUT2D eigenvalue weighted by atomic mass is 32.2. The molecule has 1 aromatic rings. The SMILES string of the molecule is Cc1cc(C=NN=C2NC(=O)C(CC(=O)O)S2)c(C)c(CN2CCCC(C)C2)c1. The van der Waals surface area contributed by atoms with Gasteiger partial charge in [-0.05, 0) is 55.8 Å². The van der Waals surface area contributed by atoms with Crippen LogP contribution in [0, 0.1) is 19.8 Å². The van der Waals surface area contributed by atoms with Gasteiger partial charge in [0.2, 0.25) is 5.91 Å². The van der Waals surface area contributed by atoms with Crippen LogP contribution in [-0.4, -0.2) is 51.6 Å². The summed E-state index contributed by atoms with van der Waals surface area (Å²) in [6.45, 7) is 9.71. The van der Waals surface area contributed by atoms with Crippen molar-refractivity contribution >= 4 is 35.0 Å². The highest BCUT2D eigenvalue weighted by Crippen LogP contribution is 2.23. The van der Waals surface area contributed by atoms with E-state index in [4.69, 9.17) is 5.11 Å². The fourth-order valence-electron chi connectivity index (χ4n) is 3.82. The van der Waals surface area contributed by atoms with Gasteiger partial charge in [-0.25, -0.2) is 0 Å². The third-order valence-electron chi connectivity index (χ3n) is 5.32. The molecule has 3 rings (SSSR count). The normalized spacial score (nSPS) is 24.4. The first-order chi connectivity index (χ1) is 13.8. The smallest absolute Gasteiger partial charge is 0.305 e. The van der Waals surface area contributed by atoms with Crippen molar-refractivity contribution in [2.45, 2.75) is 51.8 Å². The minimum absolute atomic E-state index is 0.227. The van der Waals surface area contributed by atoms with Gasteiger partial charge >= 0.3 is 5.97 Å². The number of rotatable bonds is 6. The van der Waals surface area contributed by atoms with E-state index in [1.54, 1.807) is 6.21 Å². The van der Waals surface area contributed by atoms with Gasteiger partial charge in [0.05, 0.1) is 12.6 Å². The zero-order valence-electron chi connectivity index (χ0n) is 17.1. The van der Waals surface area contributed by atoms with Crippen LogP contribution in [0.15, 0.2) is 22.3 Å². The van der Waals surface area contributed by atoms with E-state index in [0.29, 0.717) is 5.17 Å². The van der Waals surface area contributed by atoms with Crippen LogP contribution >= 0.6 is 11.8 Å². The van der Waals surface area contributed by atoms with Crippen LogP contribution in [0.25, 0.3) is 0 Å². The second-order valence-electron chi connectivity index (χ2n) is 7.96. The van der Waals surface area contributed by atoms with E-state index < -0.39 is 11.2 Å². The van der Waals surface area contributed by atoms with Gasteiger partial charge < -0.3 is 10.4 Å². The van der Waals surface area contributed by atoms with Gasteiger partial charge in [-0.15, -0.1) is 5.10 Å². The first-order valence-corrected chi connectivity index (χ1v) is 10.8. The average molecular weight is 417 g/mol. The first-order valence-electron chi connectivity index (χ1n) is 9.94. The molecule has 1 aromatic carbocycles. The van der Waals surface area contributed by atoms with Crippen LogP contribution < -0.4 is 5.32 Å². The number of carbonyl (C=O) groups excluding carboxylic acids is 1. The molecular weight excluding hydrogens is 388 g/mol. The Bertz CT molecular complexity index is 853. The molecule has 0 saturated carbocycles. The summed E-state index contributed by atoms with van der Waals surface area (Å²) in [4.78, 5) is 25.1. The summed E-state index contributed by atoms with van der Waals surface area (Å²) in [7, 11) is 0. The van der Waals surface area contributed by atoms with E-state index in [1.165, 1.54) is 29.5 Å². The molecular formula is C21H28N4O3S. The summed E-state index contributed by atoms with van der Waals surface area (Å²) in [5, 5.41) is 19.3. The second-order valence-corrected chi connectivity index (χ2v) is 9.16. The Morgan fingerprint density at radius 3 is 2.93 bits per heavy atom. The lowest BCUT2D eigenvalue weighted by Crippen LogP contribution is -2.34. The minimum atomic E-state index is -1.01. The molecule has 2 heterocycles. The summed E-state index contributed by atoms with van der Waals surface area (Å²) in [6, 6.07) is 4.32. The fourth-order valence-corrected chi connectivity index (χ4v) is 4.74. The molecule has 2 atom stereocenters. The summed E-state index contributed by atoms with van der Waals surface area (Å²) < 4.78 is 0. The molecule has 1 amide bonds. The molecule has 0 spiro atoms. The molecule has 2 fully saturated rings. The number of amidine groups is 1. The molecule has 0 aliphatic carbocycles. The van der Waals surface area contributed by atoms with Crippen molar-refractivity contribution in [1.82, 2.24) is 10.2 Å². The van der Waals surface area contributed by atoms with Gasteiger partial charge in [0, 0.05) is 13.1 Å². The largest absolute Gasteiger partial charge is 0.481 e. The van der Waals surface area contributed by atoms with Crippen molar-refractivity contribution in [3.05, 3.63) is 34.4 Å². The van der Waals surface area contributed by atoms with Crippen LogP contribution in [0.1, 0.15) is 48.4 Å². The molecule has 2 saturated heterocycles. The number of thioether (sulfide) groups is 1. The summed E-state index contributed by atoms with van der Waals surface area (Å²) in [5.41, 5.74) is 4.67. The number of hydrogen-bond acceptors (Lipinski definition) is 6. The van der Waals surface area contributed by atoms with Crippen LogP contribution in [0.4, 0.5) is 0 Å². The van der Waals surface area contributed by atoms with E-state index in [1.807, 2.05) is 0 Å². The van der Waals surface area contributed by atoms with Crippen molar-refractivity contribution in [2.75, 3.05) is 13.1 Å². The summed E-state index contributed by atoms with van der Waals surface area (Å²) in [5.74, 6) is -0.598. The number of nitrogens with zero attached hydrogens (tertiary/aromatic N) is 3. The Morgan fingerprint density at radius 2 is 2.21 bits per heavy atom. The maximum absolute atomic E-state index is 11.8. The van der Waals surface area contributed by atoms with Crippen LogP contribution in [0.3, 0.4) is 0 Å². The lowest BCUT2D eigenvalue weighted by atomic mass is 9.96. The molecule has 156 valence electrons. The van der Waals surface area contributed by atoms with Gasteiger partial charge in [0.25, 0.3) is 0 Å². The Hall–Kier alpha value is -2.19. The maximum atomic E-state index is 11.8. The predicted octanol–water partition coefficient (Wildman–Crippen LogP) is 2.93. The number of amides is 1. The van der Waals surface area contributed by atoms with E-state index >= 15 is 0 Å². The van der Waals surface area contributed by atoms with Gasteiger partial charge in [-0.3, -0.25) is 14.5 Å².